The van der Waals surface area contributed by atoms with Crippen molar-refractivity contribution >= 4 is 22.6 Å². The van der Waals surface area contributed by atoms with Crippen molar-refractivity contribution in [3.05, 3.63) is 48.7 Å². The van der Waals surface area contributed by atoms with Gasteiger partial charge in [0.2, 0.25) is 0 Å². The Hall–Kier alpha value is -3.56. The highest BCUT2D eigenvalue weighted by Gasteiger charge is 2.21. The number of aromatic nitrogens is 1. The fraction of sp³-hybridized carbons (Fsp3) is 0.500. The highest BCUT2D eigenvalue weighted by Crippen LogP contribution is 2.37. The Morgan fingerprint density at radius 3 is 2.46 bits per heavy atom. The topological polar surface area (TPSA) is 94.2 Å². The van der Waals surface area contributed by atoms with Gasteiger partial charge in [-0.15, -0.1) is 0 Å². The first kappa shape index (κ1) is 30.4. The van der Waals surface area contributed by atoms with E-state index in [4.69, 9.17) is 18.9 Å². The molecule has 1 aliphatic rings. The SMILES string of the molecule is COc1cc2c(Oc3ccc(NC(=O)NCCC(C)(C)C)cc3)ccnc2cc1OCCCN1CC(C)OC(C)C1. The summed E-state index contributed by atoms with van der Waals surface area (Å²) in [5.41, 5.74) is 1.61. The number of rotatable bonds is 11. The zero-order chi connectivity index (χ0) is 29.4. The van der Waals surface area contributed by atoms with Crippen LogP contribution < -0.4 is 24.8 Å². The molecule has 0 aliphatic carbocycles. The second-order valence-corrected chi connectivity index (χ2v) is 11.9. The third-order valence-corrected chi connectivity index (χ3v) is 6.86. The highest BCUT2D eigenvalue weighted by molar-refractivity contribution is 5.89. The number of benzene rings is 2. The van der Waals surface area contributed by atoms with Crippen LogP contribution in [0, 0.1) is 5.41 Å². The molecule has 1 aliphatic heterocycles. The summed E-state index contributed by atoms with van der Waals surface area (Å²) in [6, 6.07) is 12.7. The molecule has 0 saturated carbocycles. The number of carbonyl (C=O) groups is 1. The lowest BCUT2D eigenvalue weighted by Gasteiger charge is -2.35. The van der Waals surface area contributed by atoms with Gasteiger partial charge in [0.05, 0.1) is 31.4 Å². The molecule has 2 aromatic carbocycles. The fourth-order valence-corrected chi connectivity index (χ4v) is 4.89. The molecule has 9 nitrogen and oxygen atoms in total. The number of fused-ring (bicyclic) bond motifs is 1. The number of morpholine rings is 1. The van der Waals surface area contributed by atoms with E-state index in [2.05, 4.69) is 55.1 Å². The average Bonchev–Trinajstić information content (AvgIpc) is 2.90. The molecule has 41 heavy (non-hydrogen) atoms. The summed E-state index contributed by atoms with van der Waals surface area (Å²) in [6.45, 7) is 14.7. The Labute approximate surface area is 243 Å². The van der Waals surface area contributed by atoms with Crippen LogP contribution in [0.1, 0.15) is 47.5 Å². The van der Waals surface area contributed by atoms with Gasteiger partial charge in [0, 0.05) is 49.5 Å². The number of nitrogens with one attached hydrogen (secondary N) is 2. The van der Waals surface area contributed by atoms with E-state index in [0.717, 1.165) is 43.4 Å². The molecule has 1 saturated heterocycles. The van der Waals surface area contributed by atoms with Gasteiger partial charge in [0.25, 0.3) is 0 Å². The number of hydrogen-bond acceptors (Lipinski definition) is 7. The number of ether oxygens (including phenoxy) is 4. The fourth-order valence-electron chi connectivity index (χ4n) is 4.89. The third kappa shape index (κ3) is 9.23. The van der Waals surface area contributed by atoms with Gasteiger partial charge in [-0.05, 0) is 68.5 Å². The van der Waals surface area contributed by atoms with Crippen molar-refractivity contribution in [2.45, 2.75) is 59.7 Å². The molecule has 2 atom stereocenters. The van der Waals surface area contributed by atoms with Crippen molar-refractivity contribution in [1.29, 1.82) is 0 Å². The quantitative estimate of drug-likeness (QED) is 0.258. The van der Waals surface area contributed by atoms with E-state index in [1.807, 2.05) is 42.5 Å². The average molecular weight is 565 g/mol. The van der Waals surface area contributed by atoms with Crippen molar-refractivity contribution in [1.82, 2.24) is 15.2 Å². The zero-order valence-corrected chi connectivity index (χ0v) is 25.2. The molecule has 0 radical (unpaired) electrons. The minimum Gasteiger partial charge on any atom is -0.493 e. The van der Waals surface area contributed by atoms with Crippen LogP contribution in [-0.2, 0) is 4.74 Å². The number of anilines is 1. The van der Waals surface area contributed by atoms with Gasteiger partial charge in [-0.3, -0.25) is 9.88 Å². The number of carbonyl (C=O) groups excluding carboxylic acids is 1. The summed E-state index contributed by atoms with van der Waals surface area (Å²) < 4.78 is 23.8. The summed E-state index contributed by atoms with van der Waals surface area (Å²) in [5.74, 6) is 2.57. The molecule has 3 aromatic rings. The van der Waals surface area contributed by atoms with Gasteiger partial charge in [-0.25, -0.2) is 4.79 Å². The van der Waals surface area contributed by atoms with Crippen molar-refractivity contribution in [2.24, 2.45) is 5.41 Å². The summed E-state index contributed by atoms with van der Waals surface area (Å²) in [6.07, 6.45) is 4.03. The van der Waals surface area contributed by atoms with Crippen LogP contribution in [-0.4, -0.2) is 68.0 Å². The number of nitrogens with zero attached hydrogens (tertiary/aromatic N) is 2. The van der Waals surface area contributed by atoms with Gasteiger partial charge >= 0.3 is 6.03 Å². The van der Waals surface area contributed by atoms with Crippen LogP contribution in [0.15, 0.2) is 48.7 Å². The summed E-state index contributed by atoms with van der Waals surface area (Å²) in [5, 5.41) is 6.57. The van der Waals surface area contributed by atoms with E-state index in [1.165, 1.54) is 0 Å². The molecule has 2 unspecified atom stereocenters. The van der Waals surface area contributed by atoms with E-state index in [9.17, 15) is 4.79 Å². The Bertz CT molecular complexity index is 1280. The van der Waals surface area contributed by atoms with Crippen molar-refractivity contribution in [2.75, 3.05) is 45.2 Å². The van der Waals surface area contributed by atoms with Crippen LogP contribution >= 0.6 is 0 Å². The van der Waals surface area contributed by atoms with Crippen molar-refractivity contribution in [3.8, 4) is 23.0 Å². The first-order valence-electron chi connectivity index (χ1n) is 14.4. The standard InChI is InChI=1S/C32H44N4O5/c1-22-20-36(21-23(2)40-22)16-7-17-39-30-19-27-26(18-29(30)38-6)28(12-14-33-27)41-25-10-8-24(9-11-25)35-31(37)34-15-13-32(3,4)5/h8-12,14,18-19,22-23H,7,13,15-17,20-21H2,1-6H3,(H2,34,35,37). The van der Waals surface area contributed by atoms with Gasteiger partial charge in [0.15, 0.2) is 11.5 Å². The lowest BCUT2D eigenvalue weighted by Crippen LogP contribution is -2.45. The number of amides is 2. The van der Waals surface area contributed by atoms with Crippen LogP contribution in [0.25, 0.3) is 10.9 Å². The molecule has 2 amide bonds. The van der Waals surface area contributed by atoms with E-state index in [0.29, 0.717) is 41.8 Å². The Balaban J connectivity index is 1.35. The molecular formula is C32H44N4O5. The molecule has 2 N–H and O–H groups in total. The number of pyridine rings is 1. The maximum atomic E-state index is 12.2. The van der Waals surface area contributed by atoms with Crippen LogP contribution in [0.4, 0.5) is 10.5 Å². The Morgan fingerprint density at radius 1 is 1.05 bits per heavy atom. The molecule has 0 bridgehead atoms. The minimum absolute atomic E-state index is 0.170. The van der Waals surface area contributed by atoms with E-state index in [1.54, 1.807) is 13.3 Å². The number of urea groups is 1. The normalized spacial score (nSPS) is 17.7. The minimum atomic E-state index is -0.224. The first-order chi connectivity index (χ1) is 19.6. The third-order valence-electron chi connectivity index (χ3n) is 6.86. The van der Waals surface area contributed by atoms with E-state index < -0.39 is 0 Å². The molecule has 1 fully saturated rings. The van der Waals surface area contributed by atoms with Gasteiger partial charge in [-0.1, -0.05) is 20.8 Å². The molecule has 1 aromatic heterocycles. The van der Waals surface area contributed by atoms with Gasteiger partial charge in [-0.2, -0.15) is 0 Å². The van der Waals surface area contributed by atoms with Crippen molar-refractivity contribution < 1.29 is 23.7 Å². The predicted octanol–water partition coefficient (Wildman–Crippen LogP) is 6.47. The van der Waals surface area contributed by atoms with Crippen LogP contribution in [0.3, 0.4) is 0 Å². The van der Waals surface area contributed by atoms with E-state index in [-0.39, 0.29) is 23.7 Å². The lowest BCUT2D eigenvalue weighted by atomic mass is 9.92. The second kappa shape index (κ2) is 13.9. The summed E-state index contributed by atoms with van der Waals surface area (Å²) >= 11 is 0. The molecular weight excluding hydrogens is 520 g/mol. The number of hydrogen-bond donors (Lipinski definition) is 2. The largest absolute Gasteiger partial charge is 0.493 e. The van der Waals surface area contributed by atoms with Gasteiger partial charge < -0.3 is 29.6 Å². The molecule has 0 spiro atoms. The smallest absolute Gasteiger partial charge is 0.319 e. The van der Waals surface area contributed by atoms with Gasteiger partial charge in [0.1, 0.15) is 11.5 Å². The summed E-state index contributed by atoms with van der Waals surface area (Å²) in [4.78, 5) is 19.2. The molecule has 4 rings (SSSR count). The van der Waals surface area contributed by atoms with Crippen LogP contribution in [0.5, 0.6) is 23.0 Å². The maximum Gasteiger partial charge on any atom is 0.319 e. The van der Waals surface area contributed by atoms with Crippen molar-refractivity contribution in [3.63, 3.8) is 0 Å². The van der Waals surface area contributed by atoms with E-state index >= 15 is 0 Å². The lowest BCUT2D eigenvalue weighted by molar-refractivity contribution is -0.0686. The molecule has 2 heterocycles. The first-order valence-corrected chi connectivity index (χ1v) is 14.4. The summed E-state index contributed by atoms with van der Waals surface area (Å²) in [7, 11) is 1.63. The van der Waals surface area contributed by atoms with Crippen LogP contribution in [0.2, 0.25) is 0 Å². The Morgan fingerprint density at radius 2 is 1.78 bits per heavy atom. The zero-order valence-electron chi connectivity index (χ0n) is 25.2. The predicted molar refractivity (Wildman–Crippen MR) is 162 cm³/mol. The second-order valence-electron chi connectivity index (χ2n) is 11.9. The molecule has 222 valence electrons. The Kier molecular flexibility index (Phi) is 10.3. The maximum absolute atomic E-state index is 12.2. The molecule has 9 heteroatoms. The monoisotopic (exact) mass is 564 g/mol. The number of methoxy groups -OCH3 is 1. The highest BCUT2D eigenvalue weighted by atomic mass is 16.5.